The molecule has 1 aliphatic heterocycles. The molecule has 20 heavy (non-hydrogen) atoms. The van der Waals surface area contributed by atoms with Crippen molar-refractivity contribution >= 4 is 10.2 Å². The van der Waals surface area contributed by atoms with Gasteiger partial charge >= 0.3 is 0 Å². The normalized spacial score (nSPS) is 24.9. The van der Waals surface area contributed by atoms with Crippen LogP contribution in [-0.2, 0) is 21.5 Å². The van der Waals surface area contributed by atoms with Crippen molar-refractivity contribution in [1.29, 1.82) is 0 Å². The predicted octanol–water partition coefficient (Wildman–Crippen LogP) is 0.217. The van der Waals surface area contributed by atoms with E-state index in [1.165, 1.54) is 4.31 Å². The molecule has 0 radical (unpaired) electrons. The molecule has 2 unspecified atom stereocenters. The van der Waals surface area contributed by atoms with E-state index in [4.69, 9.17) is 4.74 Å². The van der Waals surface area contributed by atoms with Gasteiger partial charge in [-0.05, 0) is 20.3 Å². The minimum atomic E-state index is -3.41. The molecule has 2 atom stereocenters. The van der Waals surface area contributed by atoms with Crippen LogP contribution in [0.1, 0.15) is 20.3 Å². The molecule has 0 aromatic carbocycles. The molecule has 1 N–H and O–H groups in total. The molecule has 0 bridgehead atoms. The number of imidazole rings is 1. The molecule has 0 saturated carbocycles. The second-order valence-corrected chi connectivity index (χ2v) is 6.88. The molecule has 1 aliphatic rings. The molecular weight excluding hydrogens is 280 g/mol. The summed E-state index contributed by atoms with van der Waals surface area (Å²) in [7, 11) is -3.41. The van der Waals surface area contributed by atoms with Crippen LogP contribution < -0.4 is 4.72 Å². The summed E-state index contributed by atoms with van der Waals surface area (Å²) in [5, 5.41) is 0. The highest BCUT2D eigenvalue weighted by atomic mass is 32.2. The van der Waals surface area contributed by atoms with Crippen molar-refractivity contribution in [3.05, 3.63) is 18.7 Å². The van der Waals surface area contributed by atoms with E-state index >= 15 is 0 Å². The summed E-state index contributed by atoms with van der Waals surface area (Å²) < 4.78 is 35.9. The zero-order valence-corrected chi connectivity index (χ0v) is 12.7. The largest absolute Gasteiger partial charge is 0.373 e. The number of rotatable bonds is 6. The lowest BCUT2D eigenvalue weighted by atomic mass is 10.3. The Morgan fingerprint density at radius 3 is 2.65 bits per heavy atom. The smallest absolute Gasteiger partial charge is 0.279 e. The lowest BCUT2D eigenvalue weighted by molar-refractivity contribution is -0.0443. The van der Waals surface area contributed by atoms with Crippen LogP contribution in [0.5, 0.6) is 0 Å². The van der Waals surface area contributed by atoms with Gasteiger partial charge in [0.1, 0.15) is 0 Å². The van der Waals surface area contributed by atoms with Crippen LogP contribution in [0.2, 0.25) is 0 Å². The Labute approximate surface area is 120 Å². The first-order chi connectivity index (χ1) is 9.47. The second kappa shape index (κ2) is 6.66. The molecule has 1 aromatic rings. The first-order valence-electron chi connectivity index (χ1n) is 6.83. The maximum atomic E-state index is 12.2. The zero-order valence-electron chi connectivity index (χ0n) is 11.9. The Bertz CT molecular complexity index is 493. The van der Waals surface area contributed by atoms with Crippen LogP contribution in [0.15, 0.2) is 18.7 Å². The molecule has 1 fully saturated rings. The van der Waals surface area contributed by atoms with Crippen LogP contribution in [0, 0.1) is 0 Å². The standard InChI is InChI=1S/C12H22N4O3S/c1-11-8-16(9-12(2)19-11)20(17,18)14-4-3-6-15-7-5-13-10-15/h5,7,10-12,14H,3-4,6,8-9H2,1-2H3. The molecule has 0 spiro atoms. The number of ether oxygens (including phenoxy) is 1. The number of nitrogens with zero attached hydrogens (tertiary/aromatic N) is 3. The Balaban J connectivity index is 1.78. The number of aromatic nitrogens is 2. The van der Waals surface area contributed by atoms with E-state index in [1.807, 2.05) is 24.6 Å². The summed E-state index contributed by atoms with van der Waals surface area (Å²) in [5.74, 6) is 0. The lowest BCUT2D eigenvalue weighted by Crippen LogP contribution is -2.52. The first kappa shape index (κ1) is 15.4. The Morgan fingerprint density at radius 1 is 1.35 bits per heavy atom. The maximum Gasteiger partial charge on any atom is 0.279 e. The van der Waals surface area contributed by atoms with E-state index in [0.29, 0.717) is 19.6 Å². The van der Waals surface area contributed by atoms with Crippen molar-refractivity contribution in [2.75, 3.05) is 19.6 Å². The zero-order chi connectivity index (χ0) is 14.6. The van der Waals surface area contributed by atoms with Gasteiger partial charge in [0, 0.05) is 38.6 Å². The average molecular weight is 302 g/mol. The SMILES string of the molecule is CC1CN(S(=O)(=O)NCCCn2ccnc2)CC(C)O1. The fourth-order valence-corrected chi connectivity index (χ4v) is 3.70. The molecule has 8 heteroatoms. The predicted molar refractivity (Wildman–Crippen MR) is 75.3 cm³/mol. The van der Waals surface area contributed by atoms with Gasteiger partial charge in [0.15, 0.2) is 0 Å². The summed E-state index contributed by atoms with van der Waals surface area (Å²) in [4.78, 5) is 3.94. The highest BCUT2D eigenvalue weighted by Gasteiger charge is 2.30. The Kier molecular flexibility index (Phi) is 5.14. The van der Waals surface area contributed by atoms with Gasteiger partial charge in [-0.3, -0.25) is 0 Å². The molecule has 2 rings (SSSR count). The lowest BCUT2D eigenvalue weighted by Gasteiger charge is -2.34. The monoisotopic (exact) mass is 302 g/mol. The van der Waals surface area contributed by atoms with Crippen molar-refractivity contribution in [2.45, 2.75) is 39.0 Å². The fourth-order valence-electron chi connectivity index (χ4n) is 2.30. The van der Waals surface area contributed by atoms with E-state index in [0.717, 1.165) is 13.0 Å². The summed E-state index contributed by atoms with van der Waals surface area (Å²) in [6, 6.07) is 0. The number of hydrogen-bond acceptors (Lipinski definition) is 4. The molecule has 0 amide bonds. The summed E-state index contributed by atoms with van der Waals surface area (Å²) in [5.41, 5.74) is 0. The molecule has 2 heterocycles. The van der Waals surface area contributed by atoms with E-state index < -0.39 is 10.2 Å². The minimum absolute atomic E-state index is 0.0683. The van der Waals surface area contributed by atoms with E-state index in [2.05, 4.69) is 9.71 Å². The van der Waals surface area contributed by atoms with Crippen LogP contribution >= 0.6 is 0 Å². The van der Waals surface area contributed by atoms with Gasteiger partial charge in [0.25, 0.3) is 10.2 Å². The average Bonchev–Trinajstić information content (AvgIpc) is 2.86. The van der Waals surface area contributed by atoms with Crippen molar-refractivity contribution in [2.24, 2.45) is 0 Å². The van der Waals surface area contributed by atoms with Crippen molar-refractivity contribution < 1.29 is 13.2 Å². The molecule has 1 saturated heterocycles. The maximum absolute atomic E-state index is 12.2. The third-order valence-corrected chi connectivity index (χ3v) is 4.71. The van der Waals surface area contributed by atoms with Gasteiger partial charge in [-0.2, -0.15) is 12.7 Å². The van der Waals surface area contributed by atoms with Crippen molar-refractivity contribution in [3.8, 4) is 0 Å². The van der Waals surface area contributed by atoms with Crippen LogP contribution in [0.4, 0.5) is 0 Å². The quantitative estimate of drug-likeness (QED) is 0.763. The van der Waals surface area contributed by atoms with Crippen LogP contribution in [0.25, 0.3) is 0 Å². The fraction of sp³-hybridized carbons (Fsp3) is 0.750. The molecule has 114 valence electrons. The second-order valence-electron chi connectivity index (χ2n) is 5.13. The van der Waals surface area contributed by atoms with Crippen LogP contribution in [-0.4, -0.2) is 54.1 Å². The summed E-state index contributed by atoms with van der Waals surface area (Å²) in [6.45, 7) is 5.75. The number of hydrogen-bond donors (Lipinski definition) is 1. The molecular formula is C12H22N4O3S. The third kappa shape index (κ3) is 4.27. The highest BCUT2D eigenvalue weighted by Crippen LogP contribution is 2.13. The first-order valence-corrected chi connectivity index (χ1v) is 8.27. The van der Waals surface area contributed by atoms with Gasteiger partial charge < -0.3 is 9.30 Å². The highest BCUT2D eigenvalue weighted by molar-refractivity contribution is 7.87. The number of aryl methyl sites for hydroxylation is 1. The van der Waals surface area contributed by atoms with Crippen molar-refractivity contribution in [3.63, 3.8) is 0 Å². The number of nitrogens with one attached hydrogen (secondary N) is 1. The topological polar surface area (TPSA) is 76.5 Å². The molecule has 7 nitrogen and oxygen atoms in total. The van der Waals surface area contributed by atoms with Gasteiger partial charge in [0.2, 0.25) is 0 Å². The van der Waals surface area contributed by atoms with Crippen LogP contribution in [0.3, 0.4) is 0 Å². The summed E-state index contributed by atoms with van der Waals surface area (Å²) >= 11 is 0. The number of morpholine rings is 1. The van der Waals surface area contributed by atoms with E-state index in [-0.39, 0.29) is 12.2 Å². The summed E-state index contributed by atoms with van der Waals surface area (Å²) in [6.07, 6.45) is 5.88. The van der Waals surface area contributed by atoms with Gasteiger partial charge in [-0.25, -0.2) is 9.71 Å². The van der Waals surface area contributed by atoms with Crippen molar-refractivity contribution in [1.82, 2.24) is 18.6 Å². The van der Waals surface area contributed by atoms with Gasteiger partial charge in [-0.15, -0.1) is 0 Å². The van der Waals surface area contributed by atoms with E-state index in [9.17, 15) is 8.42 Å². The van der Waals surface area contributed by atoms with Gasteiger partial charge in [-0.1, -0.05) is 0 Å². The Hall–Kier alpha value is -0.960. The minimum Gasteiger partial charge on any atom is -0.373 e. The van der Waals surface area contributed by atoms with Gasteiger partial charge in [0.05, 0.1) is 18.5 Å². The third-order valence-electron chi connectivity index (χ3n) is 3.16. The molecule has 1 aromatic heterocycles. The van der Waals surface area contributed by atoms with E-state index in [1.54, 1.807) is 12.5 Å². The Morgan fingerprint density at radius 2 is 2.05 bits per heavy atom. The molecule has 0 aliphatic carbocycles.